The number of ether oxygens (including phenoxy) is 1. The van der Waals surface area contributed by atoms with Crippen molar-refractivity contribution in [2.24, 2.45) is 5.73 Å². The molecule has 4 N–H and O–H groups in total. The van der Waals surface area contributed by atoms with Crippen LogP contribution in [0.2, 0.25) is 5.02 Å². The molecule has 1 aliphatic carbocycles. The maximum Gasteiger partial charge on any atom is 0.194 e. The molecule has 0 amide bonds. The van der Waals surface area contributed by atoms with Gasteiger partial charge in [0.1, 0.15) is 11.5 Å². The van der Waals surface area contributed by atoms with Crippen molar-refractivity contribution in [3.8, 4) is 22.6 Å². The molecule has 0 bridgehead atoms. The van der Waals surface area contributed by atoms with Gasteiger partial charge in [-0.3, -0.25) is 4.79 Å². The molecule has 0 fully saturated rings. The maximum atomic E-state index is 12.9. The first-order chi connectivity index (χ1) is 14.4. The fraction of sp³-hybridized carbons (Fsp3) is 0.208. The highest BCUT2D eigenvalue weighted by Crippen LogP contribution is 2.40. The van der Waals surface area contributed by atoms with Gasteiger partial charge < -0.3 is 20.7 Å². The van der Waals surface area contributed by atoms with Crippen LogP contribution < -0.4 is 10.5 Å². The lowest BCUT2D eigenvalue weighted by Gasteiger charge is -2.24. The first-order valence-corrected chi connectivity index (χ1v) is 10.1. The Bertz CT molecular complexity index is 1110. The second-order valence-electron chi connectivity index (χ2n) is 7.65. The second-order valence-corrected chi connectivity index (χ2v) is 8.09. The summed E-state index contributed by atoms with van der Waals surface area (Å²) in [4.78, 5) is 12.9. The Morgan fingerprint density at radius 2 is 1.58 bits per heavy atom. The number of aliphatic hydroxyl groups is 2. The first kappa shape index (κ1) is 23.3. The number of halogens is 2. The number of carbonyl (C=O) groups excluding carboxylic acids is 1. The highest BCUT2D eigenvalue weighted by atomic mass is 35.5. The molecule has 3 aromatic carbocycles. The van der Waals surface area contributed by atoms with Crippen LogP contribution in [0.15, 0.2) is 60.7 Å². The zero-order valence-electron chi connectivity index (χ0n) is 16.7. The number of rotatable bonds is 7. The Hall–Kier alpha value is -2.41. The molecule has 5 nitrogen and oxygen atoms in total. The van der Waals surface area contributed by atoms with Crippen molar-refractivity contribution in [3.05, 3.63) is 82.4 Å². The summed E-state index contributed by atoms with van der Waals surface area (Å²) < 4.78 is 5.86. The summed E-state index contributed by atoms with van der Waals surface area (Å²) in [6, 6.07) is 18.2. The second kappa shape index (κ2) is 9.39. The molecule has 0 saturated carbocycles. The molecule has 0 aliphatic heterocycles. The van der Waals surface area contributed by atoms with Gasteiger partial charge in [0.2, 0.25) is 0 Å². The monoisotopic (exact) mass is 459 g/mol. The predicted octanol–water partition coefficient (Wildman–Crippen LogP) is 4.38. The lowest BCUT2D eigenvalue weighted by Crippen LogP contribution is -2.47. The molecule has 7 heteroatoms. The molecular formula is C24H23Cl2NO4. The minimum atomic E-state index is -1.01. The van der Waals surface area contributed by atoms with Crippen LogP contribution in [-0.4, -0.2) is 34.7 Å². The Balaban J connectivity index is 0.00000272. The van der Waals surface area contributed by atoms with Crippen LogP contribution in [0, 0.1) is 0 Å². The molecule has 0 saturated heterocycles. The van der Waals surface area contributed by atoms with Gasteiger partial charge >= 0.3 is 0 Å². The molecule has 1 aliphatic rings. The Labute approximate surface area is 191 Å². The normalized spacial score (nSPS) is 12.2. The molecule has 162 valence electrons. The number of aryl methyl sites for hydroxylation is 1. The van der Waals surface area contributed by atoms with Crippen LogP contribution >= 0.6 is 24.0 Å². The Morgan fingerprint density at radius 3 is 2.29 bits per heavy atom. The van der Waals surface area contributed by atoms with Crippen molar-refractivity contribution in [2.45, 2.75) is 18.4 Å². The summed E-state index contributed by atoms with van der Waals surface area (Å²) in [5.74, 6) is 1.13. The molecule has 0 unspecified atom stereocenters. The van der Waals surface area contributed by atoms with Crippen LogP contribution in [0.1, 0.15) is 27.9 Å². The van der Waals surface area contributed by atoms with Gasteiger partial charge in [-0.25, -0.2) is 0 Å². The number of nitrogens with two attached hydrogens (primary N) is 1. The highest BCUT2D eigenvalue weighted by molar-refractivity contribution is 6.30. The van der Waals surface area contributed by atoms with Crippen LogP contribution in [0.3, 0.4) is 0 Å². The Morgan fingerprint density at radius 1 is 0.871 bits per heavy atom. The maximum absolute atomic E-state index is 12.9. The van der Waals surface area contributed by atoms with E-state index in [2.05, 4.69) is 0 Å². The molecule has 3 aromatic rings. The average molecular weight is 460 g/mol. The van der Waals surface area contributed by atoms with Gasteiger partial charge in [0, 0.05) is 16.1 Å². The molecule has 31 heavy (non-hydrogen) atoms. The van der Waals surface area contributed by atoms with Crippen molar-refractivity contribution in [3.63, 3.8) is 0 Å². The number of benzene rings is 3. The van der Waals surface area contributed by atoms with Crippen molar-refractivity contribution < 1.29 is 19.7 Å². The lowest BCUT2D eigenvalue weighted by atomic mass is 9.92. The summed E-state index contributed by atoms with van der Waals surface area (Å²) in [6.45, 7) is -0.573. The zero-order valence-corrected chi connectivity index (χ0v) is 18.2. The van der Waals surface area contributed by atoms with E-state index in [4.69, 9.17) is 22.1 Å². The molecular weight excluding hydrogens is 437 g/mol. The smallest absolute Gasteiger partial charge is 0.194 e. The summed E-state index contributed by atoms with van der Waals surface area (Å²) >= 11 is 6.01. The number of hydrogen-bond acceptors (Lipinski definition) is 5. The minimum absolute atomic E-state index is 0. The van der Waals surface area contributed by atoms with Gasteiger partial charge in [-0.2, -0.15) is 0 Å². The minimum Gasteiger partial charge on any atom is -0.457 e. The van der Waals surface area contributed by atoms with Gasteiger partial charge in [-0.05, 0) is 65.9 Å². The van der Waals surface area contributed by atoms with E-state index in [1.165, 1.54) is 0 Å². The van der Waals surface area contributed by atoms with Gasteiger partial charge in [0.15, 0.2) is 5.78 Å². The first-order valence-electron chi connectivity index (χ1n) is 9.68. The van der Waals surface area contributed by atoms with E-state index in [1.807, 2.05) is 30.3 Å². The third kappa shape index (κ3) is 4.76. The van der Waals surface area contributed by atoms with E-state index in [0.29, 0.717) is 40.5 Å². The van der Waals surface area contributed by atoms with Crippen molar-refractivity contribution in [1.29, 1.82) is 0 Å². The van der Waals surface area contributed by atoms with Crippen LogP contribution in [0.4, 0.5) is 0 Å². The summed E-state index contributed by atoms with van der Waals surface area (Å²) in [5.41, 5.74) is 8.93. The predicted molar refractivity (Wildman–Crippen MR) is 123 cm³/mol. The van der Waals surface area contributed by atoms with E-state index >= 15 is 0 Å². The van der Waals surface area contributed by atoms with Crippen LogP contribution in [0.25, 0.3) is 11.1 Å². The number of aliphatic hydroxyl groups excluding tert-OH is 2. The van der Waals surface area contributed by atoms with Crippen molar-refractivity contribution in [2.75, 3.05) is 13.2 Å². The van der Waals surface area contributed by atoms with Crippen LogP contribution in [0.5, 0.6) is 11.5 Å². The van der Waals surface area contributed by atoms with Crippen LogP contribution in [-0.2, 0) is 6.42 Å². The number of ketones is 1. The summed E-state index contributed by atoms with van der Waals surface area (Å²) in [7, 11) is 0. The highest BCUT2D eigenvalue weighted by Gasteiger charge is 2.28. The standard InChI is InChI=1S/C24H22ClNO4.ClH/c25-16-2-1-3-17(11-16)30-18-5-7-19-21-10-15(8-9-24(26,13-27)14-28)4-6-20(21)23(29)22(19)12-18;/h1-7,10-12,27-28H,8-9,13-14,26H2;1H. The van der Waals surface area contributed by atoms with E-state index in [-0.39, 0.29) is 31.4 Å². The van der Waals surface area contributed by atoms with Crippen molar-refractivity contribution >= 4 is 29.8 Å². The molecule has 0 radical (unpaired) electrons. The molecule has 0 heterocycles. The third-order valence-electron chi connectivity index (χ3n) is 5.43. The fourth-order valence-electron chi connectivity index (χ4n) is 3.59. The van der Waals surface area contributed by atoms with E-state index in [9.17, 15) is 15.0 Å². The Kier molecular flexibility index (Phi) is 7.04. The van der Waals surface area contributed by atoms with Gasteiger partial charge in [-0.15, -0.1) is 12.4 Å². The van der Waals surface area contributed by atoms with Gasteiger partial charge in [0.25, 0.3) is 0 Å². The number of hydrogen-bond donors (Lipinski definition) is 3. The largest absolute Gasteiger partial charge is 0.457 e. The molecule has 0 spiro atoms. The van der Waals surface area contributed by atoms with E-state index in [0.717, 1.165) is 16.7 Å². The molecule has 0 aromatic heterocycles. The number of fused-ring (bicyclic) bond motifs is 3. The third-order valence-corrected chi connectivity index (χ3v) is 5.66. The van der Waals surface area contributed by atoms with Crippen molar-refractivity contribution in [1.82, 2.24) is 0 Å². The quantitative estimate of drug-likeness (QED) is 0.381. The van der Waals surface area contributed by atoms with E-state index in [1.54, 1.807) is 30.3 Å². The van der Waals surface area contributed by atoms with E-state index < -0.39 is 5.54 Å². The van der Waals surface area contributed by atoms with Gasteiger partial charge in [-0.1, -0.05) is 35.9 Å². The summed E-state index contributed by atoms with van der Waals surface area (Å²) in [6.07, 6.45) is 1.02. The lowest BCUT2D eigenvalue weighted by molar-refractivity contribution is 0.104. The zero-order chi connectivity index (χ0) is 21.3. The molecule has 4 rings (SSSR count). The average Bonchev–Trinajstić information content (AvgIpc) is 3.03. The SMILES string of the molecule is Cl.NC(CO)(CO)CCc1ccc2c(c1)-c1ccc(Oc3cccc(Cl)c3)cc1C2=O. The summed E-state index contributed by atoms with van der Waals surface area (Å²) in [5, 5.41) is 19.3. The fourth-order valence-corrected chi connectivity index (χ4v) is 3.77. The number of carbonyl (C=O) groups is 1. The van der Waals surface area contributed by atoms with Gasteiger partial charge in [0.05, 0.1) is 18.8 Å². The topological polar surface area (TPSA) is 92.8 Å². The molecule has 0 atom stereocenters.